The highest BCUT2D eigenvalue weighted by atomic mass is 79.9. The summed E-state index contributed by atoms with van der Waals surface area (Å²) in [6.45, 7) is 0. The van der Waals surface area contributed by atoms with Crippen LogP contribution in [0.1, 0.15) is 29.7 Å². The number of aryl methyl sites for hydroxylation is 2. The van der Waals surface area contributed by atoms with E-state index in [1.165, 1.54) is 5.56 Å². The average Bonchev–Trinajstić information content (AvgIpc) is 3.00. The van der Waals surface area contributed by atoms with Gasteiger partial charge in [-0.15, -0.1) is 0 Å². The topological polar surface area (TPSA) is 55.0 Å². The number of hydrogen-bond acceptors (Lipinski definition) is 4. The lowest BCUT2D eigenvalue weighted by Gasteiger charge is -2.10. The van der Waals surface area contributed by atoms with Gasteiger partial charge < -0.3 is 14.3 Å². The van der Waals surface area contributed by atoms with Crippen LogP contribution in [-0.2, 0) is 12.8 Å². The van der Waals surface area contributed by atoms with E-state index in [9.17, 15) is 5.11 Å². The summed E-state index contributed by atoms with van der Waals surface area (Å²) in [4.78, 5) is 4.53. The molecular formula is C20H18BrNO3. The van der Waals surface area contributed by atoms with Gasteiger partial charge in [0.25, 0.3) is 0 Å². The first-order valence-corrected chi connectivity index (χ1v) is 9.10. The number of benzene rings is 2. The largest absolute Gasteiger partial charge is 0.506 e. The summed E-state index contributed by atoms with van der Waals surface area (Å²) in [6, 6.07) is 9.33. The molecule has 4 rings (SSSR count). The second kappa shape index (κ2) is 6.56. The molecule has 0 radical (unpaired) electrons. The molecule has 25 heavy (non-hydrogen) atoms. The molecule has 0 spiro atoms. The molecule has 0 amide bonds. The lowest BCUT2D eigenvalue weighted by atomic mass is 9.94. The molecule has 4 nitrogen and oxygen atoms in total. The second-order valence-electron chi connectivity index (χ2n) is 6.16. The molecule has 0 fully saturated rings. The Morgan fingerprint density at radius 2 is 1.96 bits per heavy atom. The van der Waals surface area contributed by atoms with Gasteiger partial charge in [-0.3, -0.25) is 4.99 Å². The van der Waals surface area contributed by atoms with Gasteiger partial charge in [0.1, 0.15) is 22.8 Å². The first-order valence-electron chi connectivity index (χ1n) is 8.31. The Kier molecular flexibility index (Phi) is 4.25. The SMILES string of the molecule is COc1ccc(N=Cc2c(O)c(Br)cc3oc4c(c23)CCCC4)cc1. The molecule has 0 aliphatic heterocycles. The first-order chi connectivity index (χ1) is 12.2. The van der Waals surface area contributed by atoms with E-state index in [-0.39, 0.29) is 5.75 Å². The number of furan rings is 1. The van der Waals surface area contributed by atoms with E-state index in [1.54, 1.807) is 13.3 Å². The van der Waals surface area contributed by atoms with E-state index in [1.807, 2.05) is 30.3 Å². The fourth-order valence-electron chi connectivity index (χ4n) is 3.35. The lowest BCUT2D eigenvalue weighted by Crippen LogP contribution is -1.99. The molecule has 0 atom stereocenters. The van der Waals surface area contributed by atoms with Crippen molar-refractivity contribution in [2.45, 2.75) is 25.7 Å². The molecule has 0 saturated carbocycles. The smallest absolute Gasteiger partial charge is 0.139 e. The van der Waals surface area contributed by atoms with Crippen molar-refractivity contribution in [3.05, 3.63) is 51.7 Å². The molecule has 5 heteroatoms. The summed E-state index contributed by atoms with van der Waals surface area (Å²) in [6.07, 6.45) is 5.95. The molecule has 2 aromatic carbocycles. The van der Waals surface area contributed by atoms with Crippen molar-refractivity contribution in [2.24, 2.45) is 4.99 Å². The zero-order valence-electron chi connectivity index (χ0n) is 13.9. The van der Waals surface area contributed by atoms with Crippen molar-refractivity contribution in [1.82, 2.24) is 0 Å². The van der Waals surface area contributed by atoms with E-state index in [0.717, 1.165) is 53.8 Å². The van der Waals surface area contributed by atoms with Crippen LogP contribution in [0.5, 0.6) is 11.5 Å². The number of aromatic hydroxyl groups is 1. The van der Waals surface area contributed by atoms with Gasteiger partial charge in [-0.2, -0.15) is 0 Å². The van der Waals surface area contributed by atoms with Crippen LogP contribution < -0.4 is 4.74 Å². The van der Waals surface area contributed by atoms with Gasteiger partial charge in [0.2, 0.25) is 0 Å². The molecular weight excluding hydrogens is 382 g/mol. The molecule has 3 aromatic rings. The highest BCUT2D eigenvalue weighted by Gasteiger charge is 2.22. The Morgan fingerprint density at radius 3 is 2.72 bits per heavy atom. The van der Waals surface area contributed by atoms with Gasteiger partial charge >= 0.3 is 0 Å². The summed E-state index contributed by atoms with van der Waals surface area (Å²) < 4.78 is 11.8. The van der Waals surface area contributed by atoms with Crippen LogP contribution in [0.4, 0.5) is 5.69 Å². The van der Waals surface area contributed by atoms with Crippen molar-refractivity contribution < 1.29 is 14.3 Å². The third-order valence-electron chi connectivity index (χ3n) is 4.62. The molecule has 1 aliphatic rings. The van der Waals surface area contributed by atoms with Crippen molar-refractivity contribution in [1.29, 1.82) is 0 Å². The zero-order valence-corrected chi connectivity index (χ0v) is 15.5. The minimum atomic E-state index is 0.193. The lowest BCUT2D eigenvalue weighted by molar-refractivity contribution is 0.415. The highest BCUT2D eigenvalue weighted by molar-refractivity contribution is 9.10. The number of aliphatic imine (C=N–C) groups is 1. The van der Waals surface area contributed by atoms with Gasteiger partial charge in [-0.1, -0.05) is 0 Å². The van der Waals surface area contributed by atoms with Gasteiger partial charge in [-0.05, 0) is 65.5 Å². The fraction of sp³-hybridized carbons (Fsp3) is 0.250. The number of phenols is 1. The number of rotatable bonds is 3. The Hall–Kier alpha value is -2.27. The van der Waals surface area contributed by atoms with E-state index < -0.39 is 0 Å². The van der Waals surface area contributed by atoms with E-state index in [0.29, 0.717) is 10.0 Å². The van der Waals surface area contributed by atoms with Crippen LogP contribution in [0.3, 0.4) is 0 Å². The van der Waals surface area contributed by atoms with Gasteiger partial charge in [0.15, 0.2) is 0 Å². The van der Waals surface area contributed by atoms with Gasteiger partial charge in [-0.25, -0.2) is 0 Å². The Bertz CT molecular complexity index is 957. The Balaban J connectivity index is 1.83. The fourth-order valence-corrected chi connectivity index (χ4v) is 3.77. The normalized spacial score (nSPS) is 14.2. The highest BCUT2D eigenvalue weighted by Crippen LogP contribution is 2.40. The van der Waals surface area contributed by atoms with E-state index in [2.05, 4.69) is 20.9 Å². The van der Waals surface area contributed by atoms with E-state index >= 15 is 0 Å². The number of hydrogen-bond donors (Lipinski definition) is 1. The summed E-state index contributed by atoms with van der Waals surface area (Å²) in [7, 11) is 1.64. The average molecular weight is 400 g/mol. The minimum absolute atomic E-state index is 0.193. The van der Waals surface area contributed by atoms with Crippen LogP contribution in [-0.4, -0.2) is 18.4 Å². The molecule has 1 aromatic heterocycles. The number of ether oxygens (including phenoxy) is 1. The maximum Gasteiger partial charge on any atom is 0.139 e. The van der Waals surface area contributed by atoms with Crippen LogP contribution in [0.25, 0.3) is 11.0 Å². The van der Waals surface area contributed by atoms with Crippen LogP contribution in [0.15, 0.2) is 44.2 Å². The zero-order chi connectivity index (χ0) is 17.4. The van der Waals surface area contributed by atoms with Crippen LogP contribution in [0, 0.1) is 0 Å². The maximum absolute atomic E-state index is 10.6. The third kappa shape index (κ3) is 2.93. The first kappa shape index (κ1) is 16.2. The van der Waals surface area contributed by atoms with Crippen molar-refractivity contribution in [2.75, 3.05) is 7.11 Å². The Labute approximate surface area is 154 Å². The number of methoxy groups -OCH3 is 1. The summed E-state index contributed by atoms with van der Waals surface area (Å²) in [5.41, 5.74) is 3.51. The number of fused-ring (bicyclic) bond motifs is 3. The Morgan fingerprint density at radius 1 is 1.20 bits per heavy atom. The molecule has 1 heterocycles. The minimum Gasteiger partial charge on any atom is -0.506 e. The van der Waals surface area contributed by atoms with Crippen molar-refractivity contribution in [3.8, 4) is 11.5 Å². The summed E-state index contributed by atoms with van der Waals surface area (Å²) >= 11 is 3.42. The number of phenolic OH excluding ortho intramolecular Hbond substituents is 1. The summed E-state index contributed by atoms with van der Waals surface area (Å²) in [5, 5.41) is 11.6. The predicted molar refractivity (Wildman–Crippen MR) is 102 cm³/mol. The number of halogens is 1. The van der Waals surface area contributed by atoms with Gasteiger partial charge in [0.05, 0.1) is 17.3 Å². The molecule has 1 aliphatic carbocycles. The molecule has 0 unspecified atom stereocenters. The quantitative estimate of drug-likeness (QED) is 0.588. The second-order valence-corrected chi connectivity index (χ2v) is 7.02. The predicted octanol–water partition coefficient (Wildman–Crippen LogP) is 5.54. The molecule has 0 saturated heterocycles. The maximum atomic E-state index is 10.6. The van der Waals surface area contributed by atoms with Crippen molar-refractivity contribution >= 4 is 38.8 Å². The summed E-state index contributed by atoms with van der Waals surface area (Å²) in [5.74, 6) is 2.02. The monoisotopic (exact) mass is 399 g/mol. The molecule has 0 bridgehead atoms. The standard InChI is InChI=1S/C20H18BrNO3/c1-24-13-8-6-12(7-9-13)22-11-15-19-14-4-2-3-5-17(14)25-18(19)10-16(21)20(15)23/h6-11,23H,2-5H2,1H3. The van der Waals surface area contributed by atoms with Crippen molar-refractivity contribution in [3.63, 3.8) is 0 Å². The molecule has 1 N–H and O–H groups in total. The molecule has 128 valence electrons. The van der Waals surface area contributed by atoms with Crippen LogP contribution in [0.2, 0.25) is 0 Å². The van der Waals surface area contributed by atoms with Crippen LogP contribution >= 0.6 is 15.9 Å². The van der Waals surface area contributed by atoms with Gasteiger partial charge in [0, 0.05) is 29.1 Å². The third-order valence-corrected chi connectivity index (χ3v) is 5.23. The number of nitrogens with zero attached hydrogens (tertiary/aromatic N) is 1. The van der Waals surface area contributed by atoms with E-state index in [4.69, 9.17) is 9.15 Å².